The minimum Gasteiger partial charge on any atom is -0.488 e. The van der Waals surface area contributed by atoms with E-state index < -0.39 is 0 Å². The third-order valence-electron chi connectivity index (χ3n) is 5.72. The number of hydrogen-bond donors (Lipinski definition) is 0. The van der Waals surface area contributed by atoms with Gasteiger partial charge in [-0.05, 0) is 25.1 Å². The maximum atomic E-state index is 13.3. The summed E-state index contributed by atoms with van der Waals surface area (Å²) in [6, 6.07) is 17.0. The molecule has 0 radical (unpaired) electrons. The van der Waals surface area contributed by atoms with Gasteiger partial charge in [0.1, 0.15) is 24.0 Å². The van der Waals surface area contributed by atoms with E-state index >= 15 is 0 Å². The van der Waals surface area contributed by atoms with E-state index in [0.29, 0.717) is 36.0 Å². The van der Waals surface area contributed by atoms with Crippen molar-refractivity contribution in [3.63, 3.8) is 0 Å². The average Bonchev–Trinajstić information content (AvgIpc) is 2.83. The Morgan fingerprint density at radius 3 is 2.45 bits per heavy atom. The lowest BCUT2D eigenvalue weighted by atomic mass is 10.1. The lowest BCUT2D eigenvalue weighted by molar-refractivity contribution is 0.0741. The van der Waals surface area contributed by atoms with Crippen molar-refractivity contribution in [2.75, 3.05) is 31.1 Å². The van der Waals surface area contributed by atoms with Gasteiger partial charge in [0, 0.05) is 54.4 Å². The minimum absolute atomic E-state index is 0.0221. The number of aromatic nitrogens is 2. The largest absolute Gasteiger partial charge is 0.488 e. The van der Waals surface area contributed by atoms with Crippen molar-refractivity contribution >= 4 is 23.3 Å². The first-order valence-electron chi connectivity index (χ1n) is 11.3. The number of rotatable bonds is 6. The van der Waals surface area contributed by atoms with E-state index in [9.17, 15) is 4.79 Å². The van der Waals surface area contributed by atoms with E-state index in [1.807, 2.05) is 66.4 Å². The zero-order chi connectivity index (χ0) is 23.4. The van der Waals surface area contributed by atoms with Crippen LogP contribution in [0, 0.1) is 6.92 Å². The van der Waals surface area contributed by atoms with Crippen LogP contribution in [0.25, 0.3) is 0 Å². The first-order chi connectivity index (χ1) is 15.9. The normalized spacial score (nSPS) is 14.0. The maximum Gasteiger partial charge on any atom is 0.257 e. The summed E-state index contributed by atoms with van der Waals surface area (Å²) in [5.74, 6) is 2.60. The molecule has 2 heterocycles. The molecule has 0 spiro atoms. The molecule has 33 heavy (non-hydrogen) atoms. The van der Waals surface area contributed by atoms with Gasteiger partial charge in [-0.3, -0.25) is 4.79 Å². The second kappa shape index (κ2) is 10.2. The monoisotopic (exact) mass is 464 g/mol. The van der Waals surface area contributed by atoms with E-state index in [1.165, 1.54) is 0 Å². The Morgan fingerprint density at radius 1 is 1.03 bits per heavy atom. The molecule has 1 saturated heterocycles. The quantitative estimate of drug-likeness (QED) is 0.507. The number of amides is 1. The summed E-state index contributed by atoms with van der Waals surface area (Å²) in [5, 5.41) is 0.651. The third-order valence-corrected chi connectivity index (χ3v) is 6.09. The van der Waals surface area contributed by atoms with Crippen molar-refractivity contribution in [2.24, 2.45) is 0 Å². The topological polar surface area (TPSA) is 58.6 Å². The number of benzene rings is 2. The highest BCUT2D eigenvalue weighted by Crippen LogP contribution is 2.25. The fourth-order valence-corrected chi connectivity index (χ4v) is 4.03. The molecule has 0 saturated carbocycles. The molecular weight excluding hydrogens is 436 g/mol. The van der Waals surface area contributed by atoms with E-state index in [4.69, 9.17) is 21.3 Å². The van der Waals surface area contributed by atoms with Crippen LogP contribution < -0.4 is 9.64 Å². The van der Waals surface area contributed by atoms with Crippen LogP contribution in [0.15, 0.2) is 54.6 Å². The molecule has 0 aliphatic carbocycles. The summed E-state index contributed by atoms with van der Waals surface area (Å²) < 4.78 is 6.00. The first-order valence-corrected chi connectivity index (χ1v) is 11.6. The molecule has 3 aromatic rings. The Labute approximate surface area is 200 Å². The van der Waals surface area contributed by atoms with E-state index in [0.717, 1.165) is 36.0 Å². The number of hydrogen-bond acceptors (Lipinski definition) is 5. The predicted octanol–water partition coefficient (Wildman–Crippen LogP) is 5.10. The van der Waals surface area contributed by atoms with Gasteiger partial charge < -0.3 is 14.5 Å². The fraction of sp³-hybridized carbons (Fsp3) is 0.346. The van der Waals surface area contributed by atoms with Gasteiger partial charge in [-0.25, -0.2) is 9.97 Å². The molecule has 4 rings (SSSR count). The van der Waals surface area contributed by atoms with Gasteiger partial charge >= 0.3 is 0 Å². The second-order valence-corrected chi connectivity index (χ2v) is 8.94. The van der Waals surface area contributed by atoms with Crippen molar-refractivity contribution < 1.29 is 9.53 Å². The van der Waals surface area contributed by atoms with Crippen LogP contribution in [0.3, 0.4) is 0 Å². The Kier molecular flexibility index (Phi) is 7.14. The number of para-hydroxylation sites is 1. The molecule has 1 aromatic heterocycles. The number of anilines is 1. The molecule has 6 nitrogen and oxygen atoms in total. The highest BCUT2D eigenvalue weighted by atomic mass is 35.5. The van der Waals surface area contributed by atoms with Gasteiger partial charge in [0.15, 0.2) is 0 Å². The van der Waals surface area contributed by atoms with Crippen LogP contribution in [0.5, 0.6) is 5.75 Å². The number of nitrogens with zero attached hydrogens (tertiary/aromatic N) is 4. The van der Waals surface area contributed by atoms with Crippen LogP contribution >= 0.6 is 11.6 Å². The second-order valence-electron chi connectivity index (χ2n) is 8.54. The molecule has 2 aromatic carbocycles. The first kappa shape index (κ1) is 23.1. The third kappa shape index (κ3) is 5.45. The van der Waals surface area contributed by atoms with Gasteiger partial charge in [-0.15, -0.1) is 0 Å². The summed E-state index contributed by atoms with van der Waals surface area (Å²) in [7, 11) is 0. The number of carbonyl (C=O) groups excluding carboxylic acids is 1. The molecular formula is C26H29ClN4O2. The van der Waals surface area contributed by atoms with Crippen molar-refractivity contribution in [3.8, 4) is 5.75 Å². The van der Waals surface area contributed by atoms with Crippen molar-refractivity contribution in [1.29, 1.82) is 0 Å². The van der Waals surface area contributed by atoms with Gasteiger partial charge in [0.25, 0.3) is 5.91 Å². The highest BCUT2D eigenvalue weighted by molar-refractivity contribution is 6.31. The summed E-state index contributed by atoms with van der Waals surface area (Å²) in [6.07, 6.45) is 0. The fourth-order valence-electron chi connectivity index (χ4n) is 3.84. The molecule has 1 aliphatic rings. The van der Waals surface area contributed by atoms with Crippen molar-refractivity contribution in [2.45, 2.75) is 33.3 Å². The molecule has 1 fully saturated rings. The zero-order valence-electron chi connectivity index (χ0n) is 19.3. The van der Waals surface area contributed by atoms with Gasteiger partial charge in [0.2, 0.25) is 0 Å². The van der Waals surface area contributed by atoms with Gasteiger partial charge in [-0.2, -0.15) is 0 Å². The van der Waals surface area contributed by atoms with E-state index in [1.54, 1.807) is 0 Å². The van der Waals surface area contributed by atoms with Crippen LogP contribution in [0.4, 0.5) is 5.82 Å². The number of piperazine rings is 1. The Hall–Kier alpha value is -3.12. The average molecular weight is 465 g/mol. The summed E-state index contributed by atoms with van der Waals surface area (Å²) >= 11 is 6.25. The maximum absolute atomic E-state index is 13.3. The molecule has 7 heteroatoms. The Morgan fingerprint density at radius 2 is 1.73 bits per heavy atom. The summed E-state index contributed by atoms with van der Waals surface area (Å²) in [4.78, 5) is 26.7. The highest BCUT2D eigenvalue weighted by Gasteiger charge is 2.25. The Balaban J connectivity index is 1.43. The molecule has 0 bridgehead atoms. The number of aryl methyl sites for hydroxylation is 1. The Bertz CT molecular complexity index is 1130. The van der Waals surface area contributed by atoms with Crippen LogP contribution in [-0.4, -0.2) is 47.0 Å². The SMILES string of the molecule is Cc1cc(N2CCN(C(=O)c3ccccc3OCc3ccccc3Cl)CC2)nc(C(C)C)n1. The predicted molar refractivity (Wildman–Crippen MR) is 131 cm³/mol. The minimum atomic E-state index is -0.0221. The summed E-state index contributed by atoms with van der Waals surface area (Å²) in [5.41, 5.74) is 2.42. The van der Waals surface area contributed by atoms with E-state index in [-0.39, 0.29) is 11.8 Å². The number of ether oxygens (including phenoxy) is 1. The van der Waals surface area contributed by atoms with Gasteiger partial charge in [0.05, 0.1) is 5.56 Å². The van der Waals surface area contributed by atoms with Crippen LogP contribution in [0.2, 0.25) is 5.02 Å². The lowest BCUT2D eigenvalue weighted by Gasteiger charge is -2.36. The van der Waals surface area contributed by atoms with Crippen LogP contribution in [0.1, 0.15) is 47.2 Å². The zero-order valence-corrected chi connectivity index (χ0v) is 20.0. The van der Waals surface area contributed by atoms with E-state index in [2.05, 4.69) is 23.7 Å². The molecule has 1 aliphatic heterocycles. The van der Waals surface area contributed by atoms with Crippen LogP contribution in [-0.2, 0) is 6.61 Å². The molecule has 0 atom stereocenters. The lowest BCUT2D eigenvalue weighted by Crippen LogP contribution is -2.49. The number of carbonyl (C=O) groups is 1. The van der Waals surface area contributed by atoms with Gasteiger partial charge in [-0.1, -0.05) is 55.8 Å². The molecule has 172 valence electrons. The standard InChI is InChI=1S/C26H29ClN4O2/c1-18(2)25-28-19(3)16-24(29-25)30-12-14-31(15-13-30)26(32)21-9-5-7-11-23(21)33-17-20-8-4-6-10-22(20)27/h4-11,16,18H,12-15,17H2,1-3H3. The molecule has 0 N–H and O–H groups in total. The number of halogens is 1. The van der Waals surface area contributed by atoms with Crippen molar-refractivity contribution in [1.82, 2.24) is 14.9 Å². The van der Waals surface area contributed by atoms with Crippen molar-refractivity contribution in [3.05, 3.63) is 82.3 Å². The smallest absolute Gasteiger partial charge is 0.257 e. The molecule has 1 amide bonds. The molecule has 0 unspecified atom stereocenters. The summed E-state index contributed by atoms with van der Waals surface area (Å²) in [6.45, 7) is 9.19.